The molecular weight excluding hydrogens is 332 g/mol. The fraction of sp³-hybridized carbons (Fsp3) is 0.0476. The normalized spacial score (nSPS) is 10.2. The highest BCUT2D eigenvalue weighted by molar-refractivity contribution is 5.98. The molecule has 0 heterocycles. The van der Waals surface area contributed by atoms with E-state index in [0.717, 1.165) is 5.56 Å². The van der Waals surface area contributed by atoms with Crippen LogP contribution in [-0.4, -0.2) is 17.0 Å². The minimum absolute atomic E-state index is 0.00887. The van der Waals surface area contributed by atoms with Gasteiger partial charge in [-0.05, 0) is 42.8 Å². The van der Waals surface area contributed by atoms with Crippen LogP contribution >= 0.6 is 0 Å². The molecule has 0 aromatic heterocycles. The smallest absolute Gasteiger partial charge is 0.347 e. The zero-order valence-electron chi connectivity index (χ0n) is 14.0. The van der Waals surface area contributed by atoms with Gasteiger partial charge in [-0.25, -0.2) is 9.59 Å². The first kappa shape index (κ1) is 17.2. The van der Waals surface area contributed by atoms with E-state index in [4.69, 9.17) is 9.47 Å². The molecule has 0 saturated heterocycles. The van der Waals surface area contributed by atoms with E-state index in [9.17, 15) is 14.7 Å². The zero-order valence-corrected chi connectivity index (χ0v) is 14.0. The fourth-order valence-electron chi connectivity index (χ4n) is 2.35. The standard InChI is InChI=1S/C21H16O5/c1-14-8-2-6-12-18(14)25-21(24)16-10-4-7-13-19(16)26-20(23)15-9-3-5-11-17(15)22/h2-13,22H,1H3. The molecule has 0 aliphatic heterocycles. The van der Waals surface area contributed by atoms with Gasteiger partial charge in [-0.15, -0.1) is 0 Å². The van der Waals surface area contributed by atoms with Crippen LogP contribution in [0, 0.1) is 6.92 Å². The lowest BCUT2D eigenvalue weighted by molar-refractivity contribution is 0.0705. The molecule has 0 amide bonds. The first-order valence-electron chi connectivity index (χ1n) is 7.93. The van der Waals surface area contributed by atoms with Crippen molar-refractivity contribution in [3.05, 3.63) is 89.5 Å². The van der Waals surface area contributed by atoms with Crippen LogP contribution in [0.4, 0.5) is 0 Å². The van der Waals surface area contributed by atoms with Crippen molar-refractivity contribution in [3.63, 3.8) is 0 Å². The molecule has 0 spiro atoms. The lowest BCUT2D eigenvalue weighted by atomic mass is 10.2. The Balaban J connectivity index is 1.84. The van der Waals surface area contributed by atoms with Crippen LogP contribution in [0.25, 0.3) is 0 Å². The number of phenols is 1. The molecule has 0 aliphatic carbocycles. The molecule has 0 aliphatic rings. The van der Waals surface area contributed by atoms with Gasteiger partial charge in [0, 0.05) is 0 Å². The molecule has 3 aromatic rings. The van der Waals surface area contributed by atoms with Crippen molar-refractivity contribution in [3.8, 4) is 17.2 Å². The molecule has 0 saturated carbocycles. The molecule has 5 heteroatoms. The molecule has 3 aromatic carbocycles. The van der Waals surface area contributed by atoms with Crippen molar-refractivity contribution in [2.45, 2.75) is 6.92 Å². The summed E-state index contributed by atoms with van der Waals surface area (Å²) in [6.45, 7) is 1.83. The van der Waals surface area contributed by atoms with E-state index in [2.05, 4.69) is 0 Å². The lowest BCUT2D eigenvalue weighted by Crippen LogP contribution is -2.15. The van der Waals surface area contributed by atoms with E-state index in [0.29, 0.717) is 5.75 Å². The third kappa shape index (κ3) is 3.72. The number of hydrogen-bond acceptors (Lipinski definition) is 5. The van der Waals surface area contributed by atoms with Gasteiger partial charge >= 0.3 is 11.9 Å². The molecule has 0 unspecified atom stereocenters. The van der Waals surface area contributed by atoms with Crippen molar-refractivity contribution >= 4 is 11.9 Å². The molecule has 5 nitrogen and oxygen atoms in total. The van der Waals surface area contributed by atoms with E-state index in [1.807, 2.05) is 19.1 Å². The van der Waals surface area contributed by atoms with E-state index in [1.165, 1.54) is 24.3 Å². The first-order valence-corrected chi connectivity index (χ1v) is 7.93. The van der Waals surface area contributed by atoms with Gasteiger partial charge in [0.2, 0.25) is 0 Å². The summed E-state index contributed by atoms with van der Waals surface area (Å²) in [7, 11) is 0. The van der Waals surface area contributed by atoms with Crippen LogP contribution in [0.5, 0.6) is 17.2 Å². The quantitative estimate of drug-likeness (QED) is 0.567. The Labute approximate surface area is 150 Å². The fourth-order valence-corrected chi connectivity index (χ4v) is 2.35. The maximum atomic E-state index is 12.5. The number of esters is 2. The number of benzene rings is 3. The van der Waals surface area contributed by atoms with Crippen LogP contribution in [-0.2, 0) is 0 Å². The number of aromatic hydroxyl groups is 1. The Morgan fingerprint density at radius 3 is 1.88 bits per heavy atom. The average molecular weight is 348 g/mol. The van der Waals surface area contributed by atoms with Crippen molar-refractivity contribution in [1.29, 1.82) is 0 Å². The maximum absolute atomic E-state index is 12.5. The van der Waals surface area contributed by atoms with Gasteiger partial charge in [-0.1, -0.05) is 42.5 Å². The van der Waals surface area contributed by atoms with E-state index in [-0.39, 0.29) is 22.6 Å². The van der Waals surface area contributed by atoms with E-state index in [1.54, 1.807) is 36.4 Å². The summed E-state index contributed by atoms with van der Waals surface area (Å²) in [5.74, 6) is -1.12. The molecule has 130 valence electrons. The highest BCUT2D eigenvalue weighted by atomic mass is 16.6. The first-order chi connectivity index (χ1) is 12.6. The zero-order chi connectivity index (χ0) is 18.5. The molecule has 0 radical (unpaired) electrons. The van der Waals surface area contributed by atoms with Crippen LogP contribution in [0.3, 0.4) is 0 Å². The molecule has 0 fully saturated rings. The predicted molar refractivity (Wildman–Crippen MR) is 95.6 cm³/mol. The van der Waals surface area contributed by atoms with Gasteiger partial charge < -0.3 is 14.6 Å². The Kier molecular flexibility index (Phi) is 4.99. The van der Waals surface area contributed by atoms with Crippen molar-refractivity contribution < 1.29 is 24.2 Å². The third-order valence-corrected chi connectivity index (χ3v) is 3.73. The Hall–Kier alpha value is -3.60. The molecule has 0 bridgehead atoms. The topological polar surface area (TPSA) is 72.8 Å². The molecule has 3 rings (SSSR count). The monoisotopic (exact) mass is 348 g/mol. The molecule has 26 heavy (non-hydrogen) atoms. The van der Waals surface area contributed by atoms with Crippen molar-refractivity contribution in [2.24, 2.45) is 0 Å². The molecule has 0 atom stereocenters. The van der Waals surface area contributed by atoms with Gasteiger partial charge in [-0.3, -0.25) is 0 Å². The Bertz CT molecular complexity index is 962. The number of hydrogen-bond donors (Lipinski definition) is 1. The highest BCUT2D eigenvalue weighted by Crippen LogP contribution is 2.25. The maximum Gasteiger partial charge on any atom is 0.347 e. The summed E-state index contributed by atoms with van der Waals surface area (Å²) in [6.07, 6.45) is 0. The summed E-state index contributed by atoms with van der Waals surface area (Å²) < 4.78 is 10.7. The number of carbonyl (C=O) groups excluding carboxylic acids is 2. The number of aryl methyl sites for hydroxylation is 1. The summed E-state index contributed by atoms with van der Waals surface area (Å²) >= 11 is 0. The van der Waals surface area contributed by atoms with Crippen LogP contribution < -0.4 is 9.47 Å². The van der Waals surface area contributed by atoms with E-state index >= 15 is 0 Å². The Morgan fingerprint density at radius 2 is 1.19 bits per heavy atom. The van der Waals surface area contributed by atoms with Crippen LogP contribution in [0.2, 0.25) is 0 Å². The summed E-state index contributed by atoms with van der Waals surface area (Å²) in [5.41, 5.74) is 0.929. The number of carbonyl (C=O) groups is 2. The van der Waals surface area contributed by atoms with Gasteiger partial charge in [-0.2, -0.15) is 0 Å². The lowest BCUT2D eigenvalue weighted by Gasteiger charge is -2.11. The summed E-state index contributed by atoms with van der Waals surface area (Å²) in [4.78, 5) is 24.8. The van der Waals surface area contributed by atoms with E-state index < -0.39 is 11.9 Å². The van der Waals surface area contributed by atoms with Gasteiger partial charge in [0.1, 0.15) is 28.4 Å². The molecular formula is C21H16O5. The predicted octanol–water partition coefficient (Wildman–Crippen LogP) is 4.14. The SMILES string of the molecule is Cc1ccccc1OC(=O)c1ccccc1OC(=O)c1ccccc1O. The second-order valence-electron chi connectivity index (χ2n) is 5.56. The molecule has 1 N–H and O–H groups in total. The number of phenolic OH excluding ortho intramolecular Hbond substituents is 1. The van der Waals surface area contributed by atoms with Gasteiger partial charge in [0.15, 0.2) is 0 Å². The second-order valence-corrected chi connectivity index (χ2v) is 5.56. The minimum Gasteiger partial charge on any atom is -0.507 e. The van der Waals surface area contributed by atoms with Gasteiger partial charge in [0.05, 0.1) is 0 Å². The number of rotatable bonds is 4. The minimum atomic E-state index is -0.765. The summed E-state index contributed by atoms with van der Waals surface area (Å²) in [5, 5.41) is 9.77. The third-order valence-electron chi connectivity index (χ3n) is 3.73. The second kappa shape index (κ2) is 7.53. The van der Waals surface area contributed by atoms with Crippen LogP contribution in [0.15, 0.2) is 72.8 Å². The number of para-hydroxylation sites is 3. The Morgan fingerprint density at radius 1 is 0.692 bits per heavy atom. The average Bonchev–Trinajstić information content (AvgIpc) is 2.64. The van der Waals surface area contributed by atoms with Gasteiger partial charge in [0.25, 0.3) is 0 Å². The van der Waals surface area contributed by atoms with Crippen molar-refractivity contribution in [1.82, 2.24) is 0 Å². The van der Waals surface area contributed by atoms with Crippen molar-refractivity contribution in [2.75, 3.05) is 0 Å². The largest absolute Gasteiger partial charge is 0.507 e. The number of ether oxygens (including phenoxy) is 2. The highest BCUT2D eigenvalue weighted by Gasteiger charge is 2.19. The summed E-state index contributed by atoms with van der Waals surface area (Å²) in [6, 6.07) is 19.4. The van der Waals surface area contributed by atoms with Crippen LogP contribution in [0.1, 0.15) is 26.3 Å².